The number of hydrogen-bond donors (Lipinski definition) is 2. The van der Waals surface area contributed by atoms with Gasteiger partial charge in [-0.25, -0.2) is 14.8 Å². The van der Waals surface area contributed by atoms with Crippen LogP contribution in [0.4, 0.5) is 5.13 Å². The van der Waals surface area contributed by atoms with Crippen molar-refractivity contribution in [3.8, 4) is 0 Å². The molecular formula is C14H9N3O3S. The fourth-order valence-electron chi connectivity index (χ4n) is 1.77. The lowest BCUT2D eigenvalue weighted by molar-refractivity contribution is 0.0690. The minimum Gasteiger partial charge on any atom is -0.477 e. The summed E-state index contributed by atoms with van der Waals surface area (Å²) in [5.74, 6) is -1.67. The van der Waals surface area contributed by atoms with Crippen molar-refractivity contribution in [2.75, 3.05) is 5.32 Å². The molecule has 0 atom stereocenters. The van der Waals surface area contributed by atoms with Crippen molar-refractivity contribution in [2.45, 2.75) is 0 Å². The average molecular weight is 299 g/mol. The van der Waals surface area contributed by atoms with Gasteiger partial charge in [-0.15, -0.1) is 0 Å². The number of aromatic carboxylic acids is 1. The van der Waals surface area contributed by atoms with Crippen LogP contribution >= 0.6 is 11.3 Å². The van der Waals surface area contributed by atoms with Crippen LogP contribution < -0.4 is 5.32 Å². The van der Waals surface area contributed by atoms with Crippen LogP contribution in [0.2, 0.25) is 0 Å². The van der Waals surface area contributed by atoms with E-state index in [-0.39, 0.29) is 11.4 Å². The lowest BCUT2D eigenvalue weighted by atomic mass is 10.3. The summed E-state index contributed by atoms with van der Waals surface area (Å²) in [6.45, 7) is 0. The molecule has 2 aromatic heterocycles. The topological polar surface area (TPSA) is 92.2 Å². The third-order valence-electron chi connectivity index (χ3n) is 2.72. The molecule has 2 heterocycles. The van der Waals surface area contributed by atoms with E-state index in [4.69, 9.17) is 5.11 Å². The maximum absolute atomic E-state index is 12.1. The summed E-state index contributed by atoms with van der Waals surface area (Å²) >= 11 is 1.34. The summed E-state index contributed by atoms with van der Waals surface area (Å²) in [5, 5.41) is 11.9. The minimum atomic E-state index is -1.18. The number of pyridine rings is 1. The third kappa shape index (κ3) is 2.72. The van der Waals surface area contributed by atoms with Gasteiger partial charge in [0.25, 0.3) is 5.91 Å². The standard InChI is InChI=1S/C14H9N3O3S/c18-12(9-5-3-6-10(15-9)13(19)20)17-14-16-8-4-1-2-7-11(8)21-14/h1-7H,(H,19,20)(H,16,17,18). The molecule has 3 rings (SSSR count). The second kappa shape index (κ2) is 5.29. The second-order valence-electron chi connectivity index (χ2n) is 4.15. The molecule has 0 saturated carbocycles. The van der Waals surface area contributed by atoms with E-state index >= 15 is 0 Å². The minimum absolute atomic E-state index is 0.0363. The van der Waals surface area contributed by atoms with Crippen LogP contribution in [0.3, 0.4) is 0 Å². The van der Waals surface area contributed by atoms with Crippen LogP contribution in [-0.4, -0.2) is 27.0 Å². The zero-order valence-electron chi connectivity index (χ0n) is 10.6. The van der Waals surface area contributed by atoms with Gasteiger partial charge in [-0.1, -0.05) is 29.5 Å². The Morgan fingerprint density at radius 2 is 1.76 bits per heavy atom. The highest BCUT2D eigenvalue weighted by Gasteiger charge is 2.13. The van der Waals surface area contributed by atoms with Crippen LogP contribution in [0, 0.1) is 0 Å². The molecule has 104 valence electrons. The molecular weight excluding hydrogens is 290 g/mol. The molecule has 3 aromatic rings. The molecule has 1 amide bonds. The van der Waals surface area contributed by atoms with Crippen molar-refractivity contribution < 1.29 is 14.7 Å². The number of anilines is 1. The first kappa shape index (κ1) is 13.2. The van der Waals surface area contributed by atoms with Crippen LogP contribution in [0.5, 0.6) is 0 Å². The Bertz CT molecular complexity index is 811. The van der Waals surface area contributed by atoms with Crippen LogP contribution in [0.15, 0.2) is 42.5 Å². The van der Waals surface area contributed by atoms with Crippen molar-refractivity contribution in [1.82, 2.24) is 9.97 Å². The van der Waals surface area contributed by atoms with Gasteiger partial charge in [0, 0.05) is 0 Å². The van der Waals surface area contributed by atoms with E-state index in [0.29, 0.717) is 5.13 Å². The van der Waals surface area contributed by atoms with Crippen LogP contribution in [-0.2, 0) is 0 Å². The first-order valence-corrected chi connectivity index (χ1v) is 6.82. The molecule has 0 aliphatic carbocycles. The monoisotopic (exact) mass is 299 g/mol. The number of hydrogen-bond acceptors (Lipinski definition) is 5. The van der Waals surface area contributed by atoms with Gasteiger partial charge in [-0.3, -0.25) is 10.1 Å². The highest BCUT2D eigenvalue weighted by molar-refractivity contribution is 7.22. The van der Waals surface area contributed by atoms with Crippen molar-refractivity contribution >= 4 is 38.6 Å². The van der Waals surface area contributed by atoms with E-state index < -0.39 is 11.9 Å². The summed E-state index contributed by atoms with van der Waals surface area (Å²) in [4.78, 5) is 31.0. The zero-order chi connectivity index (χ0) is 14.8. The fraction of sp³-hybridized carbons (Fsp3) is 0. The Labute approximate surface area is 123 Å². The number of para-hydroxylation sites is 1. The van der Waals surface area contributed by atoms with E-state index in [2.05, 4.69) is 15.3 Å². The lowest BCUT2D eigenvalue weighted by Crippen LogP contribution is -2.15. The Morgan fingerprint density at radius 3 is 2.52 bits per heavy atom. The number of carboxylic acids is 1. The summed E-state index contributed by atoms with van der Waals surface area (Å²) < 4.78 is 0.958. The van der Waals surface area contributed by atoms with E-state index in [1.165, 1.54) is 29.5 Å². The molecule has 6 nitrogen and oxygen atoms in total. The smallest absolute Gasteiger partial charge is 0.354 e. The van der Waals surface area contributed by atoms with Gasteiger partial charge in [0.05, 0.1) is 10.2 Å². The zero-order valence-corrected chi connectivity index (χ0v) is 11.4. The van der Waals surface area contributed by atoms with Crippen molar-refractivity contribution in [1.29, 1.82) is 0 Å². The number of thiazole rings is 1. The van der Waals surface area contributed by atoms with Gasteiger partial charge >= 0.3 is 5.97 Å². The van der Waals surface area contributed by atoms with Crippen molar-refractivity contribution in [3.63, 3.8) is 0 Å². The van der Waals surface area contributed by atoms with Gasteiger partial charge in [0.15, 0.2) is 5.13 Å². The molecule has 0 aliphatic rings. The summed E-state index contributed by atoms with van der Waals surface area (Å²) in [5.41, 5.74) is 0.658. The molecule has 1 aromatic carbocycles. The summed E-state index contributed by atoms with van der Waals surface area (Å²) in [6, 6.07) is 11.8. The van der Waals surface area contributed by atoms with Gasteiger partial charge < -0.3 is 5.11 Å². The number of carbonyl (C=O) groups is 2. The number of aromatic nitrogens is 2. The summed E-state index contributed by atoms with van der Waals surface area (Å²) in [7, 11) is 0. The number of carbonyl (C=O) groups excluding carboxylic acids is 1. The number of carboxylic acid groups (broad SMARTS) is 1. The SMILES string of the molecule is O=C(O)c1cccc(C(=O)Nc2nc3ccccc3s2)n1. The number of nitrogens with zero attached hydrogens (tertiary/aromatic N) is 2. The summed E-state index contributed by atoms with van der Waals surface area (Å²) in [6.07, 6.45) is 0. The number of benzene rings is 1. The second-order valence-corrected chi connectivity index (χ2v) is 5.18. The molecule has 0 spiro atoms. The Kier molecular flexibility index (Phi) is 3.33. The number of nitrogens with one attached hydrogen (secondary N) is 1. The van der Waals surface area contributed by atoms with Crippen molar-refractivity contribution in [2.24, 2.45) is 0 Å². The quantitative estimate of drug-likeness (QED) is 0.775. The Hall–Kier alpha value is -2.80. The van der Waals surface area contributed by atoms with Crippen LogP contribution in [0.25, 0.3) is 10.2 Å². The fourth-order valence-corrected chi connectivity index (χ4v) is 2.63. The number of rotatable bonds is 3. The Balaban J connectivity index is 1.85. The predicted molar refractivity (Wildman–Crippen MR) is 78.8 cm³/mol. The van der Waals surface area contributed by atoms with E-state index in [0.717, 1.165) is 10.2 Å². The Morgan fingerprint density at radius 1 is 1.00 bits per heavy atom. The van der Waals surface area contributed by atoms with Gasteiger partial charge in [-0.2, -0.15) is 0 Å². The first-order chi connectivity index (χ1) is 10.1. The van der Waals surface area contributed by atoms with E-state index in [1.807, 2.05) is 24.3 Å². The maximum Gasteiger partial charge on any atom is 0.354 e. The normalized spacial score (nSPS) is 10.5. The van der Waals surface area contributed by atoms with Gasteiger partial charge in [0.2, 0.25) is 0 Å². The molecule has 21 heavy (non-hydrogen) atoms. The molecule has 0 unspecified atom stereocenters. The highest BCUT2D eigenvalue weighted by atomic mass is 32.1. The largest absolute Gasteiger partial charge is 0.477 e. The van der Waals surface area contributed by atoms with E-state index in [9.17, 15) is 9.59 Å². The molecule has 0 bridgehead atoms. The number of amides is 1. The molecule has 0 aliphatic heterocycles. The molecule has 7 heteroatoms. The highest BCUT2D eigenvalue weighted by Crippen LogP contribution is 2.25. The van der Waals surface area contributed by atoms with Gasteiger partial charge in [-0.05, 0) is 24.3 Å². The van der Waals surface area contributed by atoms with Gasteiger partial charge in [0.1, 0.15) is 11.4 Å². The maximum atomic E-state index is 12.1. The lowest BCUT2D eigenvalue weighted by Gasteiger charge is -2.01. The number of fused-ring (bicyclic) bond motifs is 1. The molecule has 2 N–H and O–H groups in total. The molecule has 0 saturated heterocycles. The molecule has 0 radical (unpaired) electrons. The third-order valence-corrected chi connectivity index (χ3v) is 3.67. The van der Waals surface area contributed by atoms with Crippen molar-refractivity contribution in [3.05, 3.63) is 53.9 Å². The predicted octanol–water partition coefficient (Wildman–Crippen LogP) is 2.64. The molecule has 0 fully saturated rings. The van der Waals surface area contributed by atoms with E-state index in [1.54, 1.807) is 0 Å². The van der Waals surface area contributed by atoms with Crippen LogP contribution in [0.1, 0.15) is 21.0 Å². The average Bonchev–Trinajstić information content (AvgIpc) is 2.89. The first-order valence-electron chi connectivity index (χ1n) is 6.01.